The summed E-state index contributed by atoms with van der Waals surface area (Å²) in [5.74, 6) is 0.735. The summed E-state index contributed by atoms with van der Waals surface area (Å²) < 4.78 is 1.88. The van der Waals surface area contributed by atoms with E-state index in [9.17, 15) is 0 Å². The van der Waals surface area contributed by atoms with Gasteiger partial charge in [-0.3, -0.25) is 0 Å². The van der Waals surface area contributed by atoms with Crippen LogP contribution in [0, 0.1) is 6.92 Å². The first-order valence-electron chi connectivity index (χ1n) is 6.55. The standard InChI is InChI=1S/C15H16N4S/c1-11-4-2-3-5-12(11)6-7-14-17-15-19(18-14)13(8-9-16)10-20-15/h2-7,10H,8-9,16H2,1H3/b7-6-. The van der Waals surface area contributed by atoms with Crippen LogP contribution in [0.4, 0.5) is 0 Å². The van der Waals surface area contributed by atoms with Gasteiger partial charge in [-0.25, -0.2) is 4.52 Å². The molecular formula is C15H16N4S. The summed E-state index contributed by atoms with van der Waals surface area (Å²) in [4.78, 5) is 5.42. The molecule has 102 valence electrons. The van der Waals surface area contributed by atoms with Crippen LogP contribution in [0.2, 0.25) is 0 Å². The number of aryl methyl sites for hydroxylation is 1. The van der Waals surface area contributed by atoms with Gasteiger partial charge in [-0.2, -0.15) is 4.98 Å². The molecule has 0 radical (unpaired) electrons. The van der Waals surface area contributed by atoms with E-state index in [0.717, 1.165) is 22.9 Å². The van der Waals surface area contributed by atoms with Gasteiger partial charge >= 0.3 is 0 Å². The lowest BCUT2D eigenvalue weighted by molar-refractivity contribution is 0.839. The Balaban J connectivity index is 1.89. The fourth-order valence-corrected chi connectivity index (χ4v) is 2.93. The molecule has 2 heterocycles. The van der Waals surface area contributed by atoms with Crippen molar-refractivity contribution in [3.8, 4) is 0 Å². The minimum Gasteiger partial charge on any atom is -0.330 e. The Hall–Kier alpha value is -1.98. The average molecular weight is 284 g/mol. The maximum absolute atomic E-state index is 5.60. The summed E-state index contributed by atoms with van der Waals surface area (Å²) in [7, 11) is 0. The van der Waals surface area contributed by atoms with Crippen molar-refractivity contribution in [2.75, 3.05) is 6.54 Å². The predicted octanol–water partition coefficient (Wildman–Crippen LogP) is 2.77. The van der Waals surface area contributed by atoms with E-state index in [4.69, 9.17) is 5.73 Å². The molecule has 0 fully saturated rings. The van der Waals surface area contributed by atoms with Crippen molar-refractivity contribution in [3.05, 3.63) is 52.3 Å². The molecule has 0 aliphatic carbocycles. The van der Waals surface area contributed by atoms with E-state index in [-0.39, 0.29) is 0 Å². The van der Waals surface area contributed by atoms with E-state index >= 15 is 0 Å². The second-order valence-corrected chi connectivity index (χ2v) is 5.46. The minimum atomic E-state index is 0.625. The summed E-state index contributed by atoms with van der Waals surface area (Å²) in [6.07, 6.45) is 4.83. The zero-order chi connectivity index (χ0) is 13.9. The highest BCUT2D eigenvalue weighted by atomic mass is 32.1. The van der Waals surface area contributed by atoms with Crippen LogP contribution < -0.4 is 5.73 Å². The summed E-state index contributed by atoms with van der Waals surface area (Å²) in [5.41, 5.74) is 9.15. The molecule has 2 N–H and O–H groups in total. The Kier molecular flexibility index (Phi) is 3.62. The predicted molar refractivity (Wildman–Crippen MR) is 83.7 cm³/mol. The Morgan fingerprint density at radius 1 is 1.30 bits per heavy atom. The molecule has 0 unspecified atom stereocenters. The molecule has 0 bridgehead atoms. The number of fused-ring (bicyclic) bond motifs is 1. The molecule has 0 atom stereocenters. The van der Waals surface area contributed by atoms with Crippen molar-refractivity contribution in [2.45, 2.75) is 13.3 Å². The van der Waals surface area contributed by atoms with Crippen molar-refractivity contribution >= 4 is 28.4 Å². The van der Waals surface area contributed by atoms with Gasteiger partial charge in [0.1, 0.15) is 0 Å². The van der Waals surface area contributed by atoms with Gasteiger partial charge in [-0.05, 0) is 30.7 Å². The number of rotatable bonds is 4. The van der Waals surface area contributed by atoms with Crippen LogP contribution in [0.3, 0.4) is 0 Å². The van der Waals surface area contributed by atoms with Crippen LogP contribution in [0.1, 0.15) is 22.6 Å². The fraction of sp³-hybridized carbons (Fsp3) is 0.200. The van der Waals surface area contributed by atoms with Crippen LogP contribution in [-0.2, 0) is 6.42 Å². The molecule has 0 aliphatic rings. The van der Waals surface area contributed by atoms with E-state index < -0.39 is 0 Å². The highest BCUT2D eigenvalue weighted by molar-refractivity contribution is 7.15. The van der Waals surface area contributed by atoms with Gasteiger partial charge in [0.2, 0.25) is 4.96 Å². The number of hydrogen-bond donors (Lipinski definition) is 1. The van der Waals surface area contributed by atoms with Gasteiger partial charge in [-0.15, -0.1) is 16.4 Å². The van der Waals surface area contributed by atoms with Crippen LogP contribution in [0.15, 0.2) is 29.6 Å². The Bertz CT molecular complexity index is 754. The van der Waals surface area contributed by atoms with Crippen LogP contribution in [0.5, 0.6) is 0 Å². The second-order valence-electron chi connectivity index (χ2n) is 4.62. The highest BCUT2D eigenvalue weighted by Crippen LogP contribution is 2.16. The molecule has 0 saturated carbocycles. The molecule has 1 aromatic carbocycles. The lowest BCUT2D eigenvalue weighted by Crippen LogP contribution is -2.05. The number of thiazole rings is 1. The Morgan fingerprint density at radius 3 is 2.95 bits per heavy atom. The largest absolute Gasteiger partial charge is 0.330 e. The molecule has 2 aromatic heterocycles. The maximum Gasteiger partial charge on any atom is 0.212 e. The van der Waals surface area contributed by atoms with Crippen molar-refractivity contribution in [1.29, 1.82) is 0 Å². The zero-order valence-corrected chi connectivity index (χ0v) is 12.1. The fourth-order valence-electron chi connectivity index (χ4n) is 2.07. The number of hydrogen-bond acceptors (Lipinski definition) is 4. The molecular weight excluding hydrogens is 268 g/mol. The smallest absolute Gasteiger partial charge is 0.212 e. The third-order valence-corrected chi connectivity index (χ3v) is 4.03. The van der Waals surface area contributed by atoms with Gasteiger partial charge in [0.25, 0.3) is 0 Å². The SMILES string of the molecule is Cc1ccccc1/C=C\c1nc2scc(CCN)n2n1. The van der Waals surface area contributed by atoms with E-state index in [1.807, 2.05) is 22.7 Å². The normalized spacial score (nSPS) is 11.7. The third kappa shape index (κ3) is 2.50. The molecule has 0 aliphatic heterocycles. The summed E-state index contributed by atoms with van der Waals surface area (Å²) in [6.45, 7) is 2.72. The van der Waals surface area contributed by atoms with Crippen LogP contribution in [-0.4, -0.2) is 21.1 Å². The lowest BCUT2D eigenvalue weighted by Gasteiger charge is -1.97. The molecule has 0 amide bonds. The van der Waals surface area contributed by atoms with Gasteiger partial charge in [0, 0.05) is 11.8 Å². The van der Waals surface area contributed by atoms with E-state index in [1.54, 1.807) is 11.3 Å². The first-order valence-corrected chi connectivity index (χ1v) is 7.43. The Morgan fingerprint density at radius 2 is 2.15 bits per heavy atom. The first-order chi connectivity index (χ1) is 9.78. The second kappa shape index (κ2) is 5.56. The topological polar surface area (TPSA) is 56.2 Å². The molecule has 4 nitrogen and oxygen atoms in total. The van der Waals surface area contributed by atoms with Crippen molar-refractivity contribution < 1.29 is 0 Å². The summed E-state index contributed by atoms with van der Waals surface area (Å²) in [5, 5.41) is 6.58. The van der Waals surface area contributed by atoms with Crippen LogP contribution in [0.25, 0.3) is 17.1 Å². The zero-order valence-electron chi connectivity index (χ0n) is 11.3. The van der Waals surface area contributed by atoms with Gasteiger partial charge in [0.05, 0.1) is 5.69 Å². The van der Waals surface area contributed by atoms with E-state index in [2.05, 4.69) is 40.6 Å². The quantitative estimate of drug-likeness (QED) is 0.801. The van der Waals surface area contributed by atoms with E-state index in [0.29, 0.717) is 6.54 Å². The number of aromatic nitrogens is 3. The van der Waals surface area contributed by atoms with Crippen molar-refractivity contribution in [2.24, 2.45) is 5.73 Å². The van der Waals surface area contributed by atoms with Crippen molar-refractivity contribution in [1.82, 2.24) is 14.6 Å². The average Bonchev–Trinajstić information content (AvgIpc) is 3.00. The molecule has 5 heteroatoms. The van der Waals surface area contributed by atoms with Crippen molar-refractivity contribution in [3.63, 3.8) is 0 Å². The summed E-state index contributed by atoms with van der Waals surface area (Å²) in [6, 6.07) is 8.25. The molecule has 3 aromatic rings. The molecule has 0 saturated heterocycles. The lowest BCUT2D eigenvalue weighted by atomic mass is 10.1. The maximum atomic E-state index is 5.60. The number of benzene rings is 1. The molecule has 3 rings (SSSR count). The number of nitrogens with two attached hydrogens (primary N) is 1. The summed E-state index contributed by atoms with van der Waals surface area (Å²) >= 11 is 1.60. The minimum absolute atomic E-state index is 0.625. The molecule has 20 heavy (non-hydrogen) atoms. The highest BCUT2D eigenvalue weighted by Gasteiger charge is 2.07. The monoisotopic (exact) mass is 284 g/mol. The first kappa shape index (κ1) is 13.0. The van der Waals surface area contributed by atoms with Gasteiger partial charge in [-0.1, -0.05) is 30.3 Å². The van der Waals surface area contributed by atoms with Gasteiger partial charge in [0.15, 0.2) is 5.82 Å². The van der Waals surface area contributed by atoms with Crippen LogP contribution >= 0.6 is 11.3 Å². The number of nitrogens with zero attached hydrogens (tertiary/aromatic N) is 3. The molecule has 0 spiro atoms. The van der Waals surface area contributed by atoms with E-state index in [1.165, 1.54) is 11.1 Å². The third-order valence-electron chi connectivity index (χ3n) is 3.17. The Labute approximate surface area is 121 Å². The van der Waals surface area contributed by atoms with Gasteiger partial charge < -0.3 is 5.73 Å².